The third-order valence-electron chi connectivity index (χ3n) is 4.92. The normalized spacial score (nSPS) is 16.2. The number of nitrogens with one attached hydrogen (secondary N) is 1. The lowest BCUT2D eigenvalue weighted by atomic mass is 9.91. The van der Waals surface area contributed by atoms with Crippen molar-refractivity contribution in [1.82, 2.24) is 5.32 Å². The number of ether oxygens (including phenoxy) is 3. The van der Waals surface area contributed by atoms with Gasteiger partial charge in [0.15, 0.2) is 17.3 Å². The molecule has 5 heteroatoms. The molecule has 1 aliphatic rings. The molecule has 1 heterocycles. The van der Waals surface area contributed by atoms with Gasteiger partial charge in [-0.3, -0.25) is 4.79 Å². The van der Waals surface area contributed by atoms with Crippen molar-refractivity contribution in [3.8, 4) is 11.5 Å². The molecule has 0 aliphatic carbocycles. The number of Topliss-reactive ketones (excluding diaryl/α,β-unsaturated/α-hetero) is 1. The highest BCUT2D eigenvalue weighted by Gasteiger charge is 2.25. The third-order valence-corrected chi connectivity index (χ3v) is 4.92. The number of hydrogen-bond acceptors (Lipinski definition) is 5. The van der Waals surface area contributed by atoms with Gasteiger partial charge in [0.1, 0.15) is 13.2 Å². The van der Waals surface area contributed by atoms with Crippen molar-refractivity contribution in [2.75, 3.05) is 20.3 Å². The highest BCUT2D eigenvalue weighted by molar-refractivity contribution is 5.80. The first-order valence-corrected chi connectivity index (χ1v) is 10.1. The number of fused-ring (bicyclic) bond motifs is 1. The summed E-state index contributed by atoms with van der Waals surface area (Å²) in [6, 6.07) is 14.1. The largest absolute Gasteiger partial charge is 0.493 e. The van der Waals surface area contributed by atoms with Gasteiger partial charge in [-0.05, 0) is 62.6 Å². The van der Waals surface area contributed by atoms with Crippen LogP contribution in [-0.4, -0.2) is 31.6 Å². The van der Waals surface area contributed by atoms with E-state index in [1.807, 2.05) is 57.2 Å². The van der Waals surface area contributed by atoms with E-state index in [0.29, 0.717) is 18.8 Å². The van der Waals surface area contributed by atoms with Crippen molar-refractivity contribution in [3.05, 3.63) is 59.2 Å². The van der Waals surface area contributed by atoms with Gasteiger partial charge >= 0.3 is 0 Å². The lowest BCUT2D eigenvalue weighted by Gasteiger charge is -2.28. The van der Waals surface area contributed by atoms with Gasteiger partial charge in [0.2, 0.25) is 0 Å². The zero-order chi connectivity index (χ0) is 20.9. The van der Waals surface area contributed by atoms with Crippen molar-refractivity contribution < 1.29 is 19.0 Å². The van der Waals surface area contributed by atoms with Crippen LogP contribution in [0.15, 0.2) is 42.5 Å². The summed E-state index contributed by atoms with van der Waals surface area (Å²) in [5.41, 5.74) is 3.09. The Hall–Kier alpha value is -2.37. The summed E-state index contributed by atoms with van der Waals surface area (Å²) in [5.74, 6) is 1.51. The molecule has 1 atom stereocenters. The predicted octanol–water partition coefficient (Wildman–Crippen LogP) is 4.24. The monoisotopic (exact) mass is 397 g/mol. The summed E-state index contributed by atoms with van der Waals surface area (Å²) in [6.07, 6.45) is 1.29. The lowest BCUT2D eigenvalue weighted by molar-refractivity contribution is -0.129. The second-order valence-corrected chi connectivity index (χ2v) is 8.38. The SMILES string of the molecule is COc1cc2c(cc1OCc1ccccc1)CCN[C@@H]2CC(=O)COC(C)(C)C. The van der Waals surface area contributed by atoms with Crippen molar-refractivity contribution >= 4 is 5.78 Å². The molecule has 0 saturated heterocycles. The molecule has 1 N–H and O–H groups in total. The molecule has 0 aromatic heterocycles. The van der Waals surface area contributed by atoms with E-state index < -0.39 is 0 Å². The van der Waals surface area contributed by atoms with Gasteiger partial charge in [0.05, 0.1) is 12.7 Å². The van der Waals surface area contributed by atoms with Crippen LogP contribution in [0.4, 0.5) is 0 Å². The molecule has 0 unspecified atom stereocenters. The highest BCUT2D eigenvalue weighted by atomic mass is 16.5. The minimum Gasteiger partial charge on any atom is -0.493 e. The number of carbonyl (C=O) groups excluding carboxylic acids is 1. The summed E-state index contributed by atoms with van der Waals surface area (Å²) >= 11 is 0. The van der Waals surface area contributed by atoms with Gasteiger partial charge in [0.25, 0.3) is 0 Å². The minimum absolute atomic E-state index is 0.0353. The van der Waals surface area contributed by atoms with E-state index in [2.05, 4.69) is 11.4 Å². The maximum atomic E-state index is 12.4. The standard InChI is InChI=1S/C24H31NO4/c1-24(2,3)29-16-19(26)13-21-20-14-22(27-4)23(12-18(20)10-11-25-21)28-15-17-8-6-5-7-9-17/h5-9,12,14,21,25H,10-11,13,15-16H2,1-4H3/t21-/m1/s1. The van der Waals surface area contributed by atoms with Gasteiger partial charge in [0, 0.05) is 12.5 Å². The van der Waals surface area contributed by atoms with Crippen molar-refractivity contribution in [3.63, 3.8) is 0 Å². The van der Waals surface area contributed by atoms with Crippen molar-refractivity contribution in [2.24, 2.45) is 0 Å². The van der Waals surface area contributed by atoms with Crippen LogP contribution in [0.2, 0.25) is 0 Å². The van der Waals surface area contributed by atoms with Crippen molar-refractivity contribution in [1.29, 1.82) is 0 Å². The molecular formula is C24H31NO4. The summed E-state index contributed by atoms with van der Waals surface area (Å²) < 4.78 is 17.3. The second-order valence-electron chi connectivity index (χ2n) is 8.38. The molecule has 0 bridgehead atoms. The van der Waals surface area contributed by atoms with E-state index in [1.165, 1.54) is 5.56 Å². The molecule has 29 heavy (non-hydrogen) atoms. The molecular weight excluding hydrogens is 366 g/mol. The number of ketones is 1. The molecule has 0 radical (unpaired) electrons. The fourth-order valence-corrected chi connectivity index (χ4v) is 3.42. The van der Waals surface area contributed by atoms with Crippen LogP contribution in [0.5, 0.6) is 11.5 Å². The molecule has 0 spiro atoms. The summed E-state index contributed by atoms with van der Waals surface area (Å²) in [4.78, 5) is 12.4. The zero-order valence-corrected chi connectivity index (χ0v) is 17.8. The van der Waals surface area contributed by atoms with Gasteiger partial charge in [-0.1, -0.05) is 30.3 Å². The third kappa shape index (κ3) is 6.05. The fourth-order valence-electron chi connectivity index (χ4n) is 3.42. The van der Waals surface area contributed by atoms with E-state index in [-0.39, 0.29) is 24.0 Å². The molecule has 1 aliphatic heterocycles. The fraction of sp³-hybridized carbons (Fsp3) is 0.458. The van der Waals surface area contributed by atoms with Gasteiger partial charge in [-0.15, -0.1) is 0 Å². The van der Waals surface area contributed by atoms with Crippen LogP contribution in [0.3, 0.4) is 0 Å². The average Bonchev–Trinajstić information content (AvgIpc) is 2.70. The average molecular weight is 398 g/mol. The Bertz CT molecular complexity index is 827. The Morgan fingerprint density at radius 1 is 1.14 bits per heavy atom. The Labute approximate surface area is 173 Å². The number of hydrogen-bond donors (Lipinski definition) is 1. The molecule has 0 amide bonds. The Morgan fingerprint density at radius 3 is 2.59 bits per heavy atom. The van der Waals surface area contributed by atoms with Crippen molar-refractivity contribution in [2.45, 2.75) is 51.9 Å². The van der Waals surface area contributed by atoms with E-state index in [1.54, 1.807) is 7.11 Å². The smallest absolute Gasteiger partial charge is 0.161 e. The van der Waals surface area contributed by atoms with Crippen LogP contribution in [0, 0.1) is 0 Å². The first-order valence-electron chi connectivity index (χ1n) is 10.1. The minimum atomic E-state index is -0.318. The summed E-state index contributed by atoms with van der Waals surface area (Å²) in [7, 11) is 1.64. The Morgan fingerprint density at radius 2 is 1.90 bits per heavy atom. The number of methoxy groups -OCH3 is 1. The second kappa shape index (κ2) is 9.42. The maximum Gasteiger partial charge on any atom is 0.161 e. The molecule has 0 saturated carbocycles. The van der Waals surface area contributed by atoms with Crippen LogP contribution in [0.1, 0.15) is 49.9 Å². The van der Waals surface area contributed by atoms with E-state index in [0.717, 1.165) is 29.8 Å². The molecule has 156 valence electrons. The van der Waals surface area contributed by atoms with Crippen LogP contribution in [0.25, 0.3) is 0 Å². The van der Waals surface area contributed by atoms with Gasteiger partial charge < -0.3 is 19.5 Å². The van der Waals surface area contributed by atoms with E-state index in [4.69, 9.17) is 14.2 Å². The molecule has 0 fully saturated rings. The zero-order valence-electron chi connectivity index (χ0n) is 17.8. The van der Waals surface area contributed by atoms with Crippen LogP contribution in [-0.2, 0) is 22.6 Å². The summed E-state index contributed by atoms with van der Waals surface area (Å²) in [6.45, 7) is 7.31. The van der Waals surface area contributed by atoms with Crippen LogP contribution >= 0.6 is 0 Å². The molecule has 5 nitrogen and oxygen atoms in total. The maximum absolute atomic E-state index is 12.4. The lowest BCUT2D eigenvalue weighted by Crippen LogP contribution is -2.33. The quantitative estimate of drug-likeness (QED) is 0.722. The molecule has 2 aromatic carbocycles. The van der Waals surface area contributed by atoms with E-state index >= 15 is 0 Å². The predicted molar refractivity (Wildman–Crippen MR) is 114 cm³/mol. The van der Waals surface area contributed by atoms with Crippen LogP contribution < -0.4 is 14.8 Å². The van der Waals surface area contributed by atoms with Gasteiger partial charge in [-0.2, -0.15) is 0 Å². The first kappa shape index (κ1) is 21.3. The highest BCUT2D eigenvalue weighted by Crippen LogP contribution is 2.36. The Balaban J connectivity index is 1.72. The summed E-state index contributed by atoms with van der Waals surface area (Å²) in [5, 5.41) is 3.46. The van der Waals surface area contributed by atoms with Gasteiger partial charge in [-0.25, -0.2) is 0 Å². The first-order chi connectivity index (χ1) is 13.9. The Kier molecular flexibility index (Phi) is 6.93. The topological polar surface area (TPSA) is 56.8 Å². The van der Waals surface area contributed by atoms with E-state index in [9.17, 15) is 4.79 Å². The molecule has 2 aromatic rings. The molecule has 3 rings (SSSR count). The number of benzene rings is 2. The number of rotatable bonds is 8. The number of carbonyl (C=O) groups is 1.